The molecule has 0 aliphatic rings. The number of pyridine rings is 1. The number of carbonyl (C=O) groups excluding carboxylic acids is 1. The SMILES string of the molecule is CC[C@@H](C)NC(=O)Cn1nc2c(-c3nc(-c4cccc(C)c4)no3)cccn2c1=O. The van der Waals surface area contributed by atoms with Gasteiger partial charge < -0.3 is 9.84 Å². The molecule has 1 aromatic carbocycles. The normalized spacial score (nSPS) is 12.2. The molecule has 0 aliphatic carbocycles. The number of fused-ring (bicyclic) bond motifs is 1. The standard InChI is InChI=1S/C21H22N6O3/c1-4-14(3)22-17(28)12-27-21(29)26-10-6-9-16(19(26)24-27)20-23-18(25-30-20)15-8-5-7-13(2)11-15/h5-11,14H,4,12H2,1-3H3,(H,22,28)/t14-/m1/s1. The molecule has 154 valence electrons. The first-order valence-corrected chi connectivity index (χ1v) is 9.75. The zero-order valence-corrected chi connectivity index (χ0v) is 17.0. The maximum absolute atomic E-state index is 12.7. The third-order valence-corrected chi connectivity index (χ3v) is 4.86. The molecule has 0 bridgehead atoms. The molecule has 1 N–H and O–H groups in total. The second-order valence-corrected chi connectivity index (χ2v) is 7.23. The number of benzene rings is 1. The predicted molar refractivity (Wildman–Crippen MR) is 111 cm³/mol. The Morgan fingerprint density at radius 3 is 2.87 bits per heavy atom. The molecule has 4 aromatic rings. The monoisotopic (exact) mass is 406 g/mol. The summed E-state index contributed by atoms with van der Waals surface area (Å²) < 4.78 is 7.94. The molecule has 1 atom stereocenters. The van der Waals surface area contributed by atoms with Gasteiger partial charge >= 0.3 is 5.69 Å². The van der Waals surface area contributed by atoms with Crippen LogP contribution >= 0.6 is 0 Å². The fourth-order valence-corrected chi connectivity index (χ4v) is 3.10. The molecule has 0 saturated carbocycles. The van der Waals surface area contributed by atoms with Crippen molar-refractivity contribution in [3.05, 3.63) is 58.6 Å². The minimum Gasteiger partial charge on any atom is -0.352 e. The summed E-state index contributed by atoms with van der Waals surface area (Å²) in [7, 11) is 0. The first-order chi connectivity index (χ1) is 14.5. The summed E-state index contributed by atoms with van der Waals surface area (Å²) in [5.41, 5.74) is 2.37. The Hall–Kier alpha value is -3.75. The van der Waals surface area contributed by atoms with Gasteiger partial charge in [-0.25, -0.2) is 13.9 Å². The first kappa shape index (κ1) is 19.6. The Balaban J connectivity index is 1.69. The Bertz CT molecular complexity index is 1270. The molecule has 1 amide bonds. The fraction of sp³-hybridized carbons (Fsp3) is 0.286. The van der Waals surface area contributed by atoms with E-state index in [1.54, 1.807) is 18.3 Å². The van der Waals surface area contributed by atoms with Crippen molar-refractivity contribution in [2.45, 2.75) is 39.8 Å². The van der Waals surface area contributed by atoms with E-state index in [0.717, 1.165) is 22.2 Å². The maximum atomic E-state index is 12.7. The summed E-state index contributed by atoms with van der Waals surface area (Å²) in [6, 6.07) is 11.3. The van der Waals surface area contributed by atoms with Crippen molar-refractivity contribution < 1.29 is 9.32 Å². The molecule has 0 saturated heterocycles. The van der Waals surface area contributed by atoms with Crippen LogP contribution in [0.4, 0.5) is 0 Å². The lowest BCUT2D eigenvalue weighted by molar-refractivity contribution is -0.122. The van der Waals surface area contributed by atoms with Crippen molar-refractivity contribution in [3.8, 4) is 22.8 Å². The van der Waals surface area contributed by atoms with Gasteiger partial charge in [0.1, 0.15) is 6.54 Å². The van der Waals surface area contributed by atoms with Gasteiger partial charge in [-0.3, -0.25) is 4.79 Å². The van der Waals surface area contributed by atoms with Crippen molar-refractivity contribution in [1.82, 2.24) is 29.6 Å². The molecule has 9 nitrogen and oxygen atoms in total. The third kappa shape index (κ3) is 3.73. The van der Waals surface area contributed by atoms with Crippen LogP contribution in [-0.2, 0) is 11.3 Å². The Kier molecular flexibility index (Phi) is 5.18. The van der Waals surface area contributed by atoms with Crippen LogP contribution in [-0.4, -0.2) is 36.3 Å². The highest BCUT2D eigenvalue weighted by molar-refractivity contribution is 5.76. The van der Waals surface area contributed by atoms with Gasteiger partial charge in [0.15, 0.2) is 5.65 Å². The van der Waals surface area contributed by atoms with Crippen LogP contribution in [0.15, 0.2) is 51.9 Å². The van der Waals surface area contributed by atoms with Gasteiger partial charge in [-0.15, -0.1) is 5.10 Å². The van der Waals surface area contributed by atoms with Gasteiger partial charge in [0.2, 0.25) is 11.7 Å². The highest BCUT2D eigenvalue weighted by Crippen LogP contribution is 2.24. The van der Waals surface area contributed by atoms with Gasteiger partial charge in [0.05, 0.1) is 5.56 Å². The van der Waals surface area contributed by atoms with Gasteiger partial charge in [-0.2, -0.15) is 4.98 Å². The predicted octanol–water partition coefficient (Wildman–Crippen LogP) is 2.44. The Morgan fingerprint density at radius 2 is 2.10 bits per heavy atom. The molecular weight excluding hydrogens is 384 g/mol. The second-order valence-electron chi connectivity index (χ2n) is 7.23. The molecular formula is C21H22N6O3. The van der Waals surface area contributed by atoms with Gasteiger partial charge in [-0.05, 0) is 38.5 Å². The lowest BCUT2D eigenvalue weighted by Crippen LogP contribution is -2.37. The summed E-state index contributed by atoms with van der Waals surface area (Å²) in [4.78, 5) is 29.3. The smallest absolute Gasteiger partial charge is 0.350 e. The first-order valence-electron chi connectivity index (χ1n) is 9.75. The van der Waals surface area contributed by atoms with Crippen molar-refractivity contribution in [1.29, 1.82) is 0 Å². The average Bonchev–Trinajstić information content (AvgIpc) is 3.33. The van der Waals surface area contributed by atoms with Crippen LogP contribution in [0.5, 0.6) is 0 Å². The average molecular weight is 406 g/mol. The van der Waals surface area contributed by atoms with Gasteiger partial charge in [0.25, 0.3) is 5.89 Å². The summed E-state index contributed by atoms with van der Waals surface area (Å²) in [6.07, 6.45) is 2.39. The lowest BCUT2D eigenvalue weighted by Gasteiger charge is -2.10. The molecule has 3 aromatic heterocycles. The number of nitrogens with zero attached hydrogens (tertiary/aromatic N) is 5. The number of hydrogen-bond donors (Lipinski definition) is 1. The van der Waals surface area contributed by atoms with E-state index in [0.29, 0.717) is 17.0 Å². The molecule has 9 heteroatoms. The minimum atomic E-state index is -0.412. The summed E-state index contributed by atoms with van der Waals surface area (Å²) in [5.74, 6) is 0.430. The van der Waals surface area contributed by atoms with Crippen molar-refractivity contribution in [2.24, 2.45) is 0 Å². The summed E-state index contributed by atoms with van der Waals surface area (Å²) in [6.45, 7) is 5.71. The van der Waals surface area contributed by atoms with Crippen LogP contribution < -0.4 is 11.0 Å². The molecule has 0 spiro atoms. The Labute approximate surface area is 172 Å². The summed E-state index contributed by atoms with van der Waals surface area (Å²) >= 11 is 0. The molecule has 0 aliphatic heterocycles. The maximum Gasteiger partial charge on any atom is 0.350 e. The van der Waals surface area contributed by atoms with E-state index in [1.165, 1.54) is 4.40 Å². The zero-order chi connectivity index (χ0) is 21.3. The number of aromatic nitrogens is 5. The Morgan fingerprint density at radius 1 is 1.27 bits per heavy atom. The number of amides is 1. The highest BCUT2D eigenvalue weighted by atomic mass is 16.5. The molecule has 4 rings (SSSR count). The molecule has 3 heterocycles. The largest absolute Gasteiger partial charge is 0.352 e. The van der Waals surface area contributed by atoms with Crippen LogP contribution in [0.25, 0.3) is 28.5 Å². The van der Waals surface area contributed by atoms with E-state index in [-0.39, 0.29) is 24.4 Å². The van der Waals surface area contributed by atoms with Crippen LogP contribution in [0.3, 0.4) is 0 Å². The van der Waals surface area contributed by atoms with Crippen LogP contribution in [0, 0.1) is 6.92 Å². The van der Waals surface area contributed by atoms with E-state index >= 15 is 0 Å². The number of aryl methyl sites for hydroxylation is 1. The minimum absolute atomic E-state index is 0.0271. The molecule has 0 unspecified atom stereocenters. The van der Waals surface area contributed by atoms with Crippen molar-refractivity contribution >= 4 is 11.6 Å². The van der Waals surface area contributed by atoms with Crippen LogP contribution in [0.2, 0.25) is 0 Å². The van der Waals surface area contributed by atoms with E-state index in [4.69, 9.17) is 4.52 Å². The summed E-state index contributed by atoms with van der Waals surface area (Å²) in [5, 5.41) is 11.2. The second kappa shape index (κ2) is 7.94. The lowest BCUT2D eigenvalue weighted by atomic mass is 10.1. The van der Waals surface area contributed by atoms with Gasteiger partial charge in [0, 0.05) is 17.8 Å². The number of hydrogen-bond acceptors (Lipinski definition) is 6. The van der Waals surface area contributed by atoms with E-state index in [2.05, 4.69) is 20.6 Å². The molecule has 0 fully saturated rings. The van der Waals surface area contributed by atoms with Crippen LogP contribution in [0.1, 0.15) is 25.8 Å². The molecule has 0 radical (unpaired) electrons. The number of carbonyl (C=O) groups is 1. The number of rotatable bonds is 6. The van der Waals surface area contributed by atoms with E-state index in [1.807, 2.05) is 45.0 Å². The quantitative estimate of drug-likeness (QED) is 0.527. The highest BCUT2D eigenvalue weighted by Gasteiger charge is 2.19. The third-order valence-electron chi connectivity index (χ3n) is 4.86. The van der Waals surface area contributed by atoms with E-state index in [9.17, 15) is 9.59 Å². The van der Waals surface area contributed by atoms with Crippen molar-refractivity contribution in [2.75, 3.05) is 0 Å². The fourth-order valence-electron chi connectivity index (χ4n) is 3.10. The van der Waals surface area contributed by atoms with Crippen molar-refractivity contribution in [3.63, 3.8) is 0 Å². The zero-order valence-electron chi connectivity index (χ0n) is 17.0. The van der Waals surface area contributed by atoms with E-state index < -0.39 is 5.69 Å². The van der Waals surface area contributed by atoms with Gasteiger partial charge in [-0.1, -0.05) is 35.8 Å². The topological polar surface area (TPSA) is 107 Å². The number of nitrogens with one attached hydrogen (secondary N) is 1. The molecule has 30 heavy (non-hydrogen) atoms.